The largest absolute Gasteiger partial charge is 0.166 e. The van der Waals surface area contributed by atoms with E-state index in [4.69, 9.17) is 11.6 Å². The lowest BCUT2D eigenvalue weighted by Crippen LogP contribution is -2.19. The normalized spacial score (nSPS) is 11.6. The van der Waals surface area contributed by atoms with Gasteiger partial charge in [-0.25, -0.2) is 0 Å². The molecule has 0 aromatic heterocycles. The van der Waals surface area contributed by atoms with Crippen molar-refractivity contribution in [1.82, 2.24) is 0 Å². The number of halogens is 1. The van der Waals surface area contributed by atoms with Gasteiger partial charge in [-0.3, -0.25) is 0 Å². The molecule has 1 unspecified atom stereocenters. The molecule has 2 aromatic rings. The van der Waals surface area contributed by atoms with Crippen LogP contribution in [0.5, 0.6) is 0 Å². The van der Waals surface area contributed by atoms with Gasteiger partial charge in [0.25, 0.3) is 0 Å². The first kappa shape index (κ1) is 31.8. The minimum atomic E-state index is -0.0731. The van der Waals surface area contributed by atoms with Gasteiger partial charge in [0.2, 0.25) is 0 Å². The molecular weight excluding hydrogens is 440 g/mol. The Morgan fingerprint density at radius 1 is 1.03 bits per heavy atom. The van der Waals surface area contributed by atoms with Crippen molar-refractivity contribution in [3.8, 4) is 0 Å². The summed E-state index contributed by atoms with van der Waals surface area (Å²) in [6.07, 6.45) is 9.70. The molecule has 33 heavy (non-hydrogen) atoms. The van der Waals surface area contributed by atoms with Gasteiger partial charge in [0, 0.05) is 10.4 Å². The van der Waals surface area contributed by atoms with Gasteiger partial charge in [-0.15, -0.1) is 6.58 Å². The third-order valence-electron chi connectivity index (χ3n) is 6.07. The third kappa shape index (κ3) is 11.2. The van der Waals surface area contributed by atoms with Gasteiger partial charge in [-0.1, -0.05) is 109 Å². The number of aryl methyl sites for hydroxylation is 1. The van der Waals surface area contributed by atoms with Crippen molar-refractivity contribution in [2.75, 3.05) is 12.0 Å². The predicted octanol–water partition coefficient (Wildman–Crippen LogP) is 10.5. The van der Waals surface area contributed by atoms with Crippen LogP contribution in [0.2, 0.25) is 5.02 Å². The van der Waals surface area contributed by atoms with Crippen LogP contribution >= 0.6 is 23.4 Å². The molecule has 0 nitrogen and oxygen atoms in total. The van der Waals surface area contributed by atoms with Crippen LogP contribution in [0, 0.1) is 12.8 Å². The van der Waals surface area contributed by atoms with Gasteiger partial charge in [0.1, 0.15) is 0 Å². The SMILES string of the molecule is C=CCc1ccc(C(C)(C)c2cc(C)c(CCC(C)CC)c(Cl)c2)cc1.CCC.CCSC. The molecule has 0 aliphatic carbocycles. The van der Waals surface area contributed by atoms with Crippen molar-refractivity contribution in [1.29, 1.82) is 0 Å². The summed E-state index contributed by atoms with van der Waals surface area (Å²) in [5.74, 6) is 1.98. The zero-order valence-electron chi connectivity index (χ0n) is 22.9. The van der Waals surface area contributed by atoms with E-state index in [-0.39, 0.29) is 5.41 Å². The minimum Gasteiger partial charge on any atom is -0.166 e. The molecular formula is C31H49ClS. The lowest BCUT2D eigenvalue weighted by Gasteiger charge is -2.28. The van der Waals surface area contributed by atoms with Gasteiger partial charge < -0.3 is 0 Å². The molecule has 0 saturated carbocycles. The van der Waals surface area contributed by atoms with E-state index < -0.39 is 0 Å². The number of benzene rings is 2. The maximum Gasteiger partial charge on any atom is 0.0443 e. The molecule has 0 fully saturated rings. The Bertz CT molecular complexity index is 764. The average molecular weight is 489 g/mol. The second kappa shape index (κ2) is 17.3. The lowest BCUT2D eigenvalue weighted by molar-refractivity contribution is 0.516. The summed E-state index contributed by atoms with van der Waals surface area (Å²) in [5.41, 5.74) is 6.45. The van der Waals surface area contributed by atoms with E-state index in [1.54, 1.807) is 0 Å². The number of hydrogen-bond donors (Lipinski definition) is 0. The van der Waals surface area contributed by atoms with Crippen LogP contribution in [0.1, 0.15) is 95.5 Å². The van der Waals surface area contributed by atoms with Crippen LogP contribution in [-0.2, 0) is 18.3 Å². The van der Waals surface area contributed by atoms with E-state index >= 15 is 0 Å². The second-order valence-corrected chi connectivity index (χ2v) is 11.0. The van der Waals surface area contributed by atoms with E-state index in [0.717, 1.165) is 23.8 Å². The van der Waals surface area contributed by atoms with Crippen LogP contribution in [0.3, 0.4) is 0 Å². The Morgan fingerprint density at radius 2 is 1.58 bits per heavy atom. The fraction of sp³-hybridized carbons (Fsp3) is 0.548. The zero-order valence-corrected chi connectivity index (χ0v) is 24.4. The second-order valence-electron chi connectivity index (χ2n) is 9.40. The Kier molecular flexibility index (Phi) is 16.7. The highest BCUT2D eigenvalue weighted by atomic mass is 35.5. The molecule has 0 saturated heterocycles. The molecule has 0 heterocycles. The molecule has 0 aliphatic rings. The zero-order chi connectivity index (χ0) is 25.4. The minimum absolute atomic E-state index is 0.0731. The van der Waals surface area contributed by atoms with Crippen molar-refractivity contribution < 1.29 is 0 Å². The van der Waals surface area contributed by atoms with Crippen molar-refractivity contribution in [2.45, 2.75) is 92.9 Å². The topological polar surface area (TPSA) is 0 Å². The summed E-state index contributed by atoms with van der Waals surface area (Å²) >= 11 is 8.57. The number of allylic oxidation sites excluding steroid dienone is 1. The van der Waals surface area contributed by atoms with E-state index in [1.165, 1.54) is 52.8 Å². The van der Waals surface area contributed by atoms with E-state index in [2.05, 4.69) is 105 Å². The van der Waals surface area contributed by atoms with Crippen LogP contribution in [0.15, 0.2) is 49.1 Å². The van der Waals surface area contributed by atoms with Gasteiger partial charge in [-0.05, 0) is 78.0 Å². The smallest absolute Gasteiger partial charge is 0.0443 e. The van der Waals surface area contributed by atoms with Crippen LogP contribution in [0.25, 0.3) is 0 Å². The molecule has 2 rings (SSSR count). The summed E-state index contributed by atoms with van der Waals surface area (Å²) in [4.78, 5) is 0. The van der Waals surface area contributed by atoms with Crippen LogP contribution < -0.4 is 0 Å². The third-order valence-corrected chi connectivity index (χ3v) is 6.98. The van der Waals surface area contributed by atoms with E-state index in [1.807, 2.05) is 17.8 Å². The first-order chi connectivity index (χ1) is 15.6. The molecule has 0 N–H and O–H groups in total. The molecule has 2 aromatic carbocycles. The van der Waals surface area contributed by atoms with Crippen LogP contribution in [-0.4, -0.2) is 12.0 Å². The average Bonchev–Trinajstić information content (AvgIpc) is 2.79. The van der Waals surface area contributed by atoms with Gasteiger partial charge in [0.05, 0.1) is 0 Å². The van der Waals surface area contributed by atoms with Crippen molar-refractivity contribution >= 4 is 23.4 Å². The van der Waals surface area contributed by atoms with Crippen molar-refractivity contribution in [3.05, 3.63) is 81.9 Å². The Hall–Kier alpha value is -1.18. The Morgan fingerprint density at radius 3 is 2.00 bits per heavy atom. The number of rotatable bonds is 9. The fourth-order valence-corrected chi connectivity index (χ4v) is 3.80. The van der Waals surface area contributed by atoms with Gasteiger partial charge >= 0.3 is 0 Å². The van der Waals surface area contributed by atoms with E-state index in [9.17, 15) is 0 Å². The highest BCUT2D eigenvalue weighted by molar-refractivity contribution is 7.98. The number of thioether (sulfide) groups is 1. The highest BCUT2D eigenvalue weighted by Gasteiger charge is 2.24. The highest BCUT2D eigenvalue weighted by Crippen LogP contribution is 2.36. The summed E-state index contributed by atoms with van der Waals surface area (Å²) in [7, 11) is 0. The summed E-state index contributed by atoms with van der Waals surface area (Å²) in [5, 5.41) is 0.916. The molecule has 1 atom stereocenters. The monoisotopic (exact) mass is 488 g/mol. The Labute approximate surface area is 215 Å². The molecule has 0 radical (unpaired) electrons. The molecule has 2 heteroatoms. The quantitative estimate of drug-likeness (QED) is 0.316. The van der Waals surface area contributed by atoms with Crippen molar-refractivity contribution in [2.24, 2.45) is 5.92 Å². The molecule has 0 aliphatic heterocycles. The lowest BCUT2D eigenvalue weighted by atomic mass is 9.77. The van der Waals surface area contributed by atoms with Gasteiger partial charge in [0.15, 0.2) is 0 Å². The molecule has 0 amide bonds. The summed E-state index contributed by atoms with van der Waals surface area (Å²) < 4.78 is 0. The maximum atomic E-state index is 6.71. The number of hydrogen-bond acceptors (Lipinski definition) is 1. The van der Waals surface area contributed by atoms with Crippen molar-refractivity contribution in [3.63, 3.8) is 0 Å². The van der Waals surface area contributed by atoms with Crippen LogP contribution in [0.4, 0.5) is 0 Å². The molecule has 0 spiro atoms. The molecule has 0 bridgehead atoms. The first-order valence-corrected chi connectivity index (χ1v) is 14.4. The maximum absolute atomic E-state index is 6.71. The summed E-state index contributed by atoms with van der Waals surface area (Å²) in [6.45, 7) is 21.5. The van der Waals surface area contributed by atoms with Gasteiger partial charge in [-0.2, -0.15) is 11.8 Å². The first-order valence-electron chi connectivity index (χ1n) is 12.6. The standard InChI is InChI=1S/C25H33Cl.C3H8S.C3H8/c1-7-9-20-11-13-21(14-12-20)25(5,6)22-16-19(4)23(24(26)17-22)15-10-18(3)8-2;1-3-4-2;1-3-2/h7,11-14,16-18H,1,8-10,15H2,2-6H3;3H2,1-2H3;3H2,1-2H3. The summed E-state index contributed by atoms with van der Waals surface area (Å²) in [6, 6.07) is 13.4. The predicted molar refractivity (Wildman–Crippen MR) is 156 cm³/mol. The Balaban J connectivity index is 0.00000129. The fourth-order valence-electron chi connectivity index (χ4n) is 3.44. The molecule has 186 valence electrons. The van der Waals surface area contributed by atoms with E-state index in [0.29, 0.717) is 0 Å².